The zero-order valence-corrected chi connectivity index (χ0v) is 18.4. The summed E-state index contributed by atoms with van der Waals surface area (Å²) in [5, 5.41) is 13.9. The monoisotopic (exact) mass is 415 g/mol. The number of rotatable bonds is 4. The molecule has 0 aromatic heterocycles. The SMILES string of the molecule is CN=C(NCC1(N2CCOCC2)CCCCC1)N1CCN(c2ccccc2O)CC1. The molecule has 3 aliphatic rings. The van der Waals surface area contributed by atoms with E-state index in [1.165, 1.54) is 32.1 Å². The van der Waals surface area contributed by atoms with Gasteiger partial charge in [0.15, 0.2) is 5.96 Å². The average Bonchev–Trinajstić information content (AvgIpc) is 2.81. The number of morpholine rings is 1. The molecule has 1 aromatic carbocycles. The van der Waals surface area contributed by atoms with E-state index in [-0.39, 0.29) is 5.54 Å². The maximum Gasteiger partial charge on any atom is 0.193 e. The molecule has 1 aromatic rings. The van der Waals surface area contributed by atoms with Crippen molar-refractivity contribution < 1.29 is 9.84 Å². The molecule has 7 nitrogen and oxygen atoms in total. The molecule has 3 fully saturated rings. The molecule has 0 amide bonds. The minimum Gasteiger partial charge on any atom is -0.506 e. The van der Waals surface area contributed by atoms with Gasteiger partial charge in [-0.15, -0.1) is 0 Å². The maximum atomic E-state index is 10.2. The molecule has 1 saturated carbocycles. The topological polar surface area (TPSA) is 63.6 Å². The number of phenols is 1. The van der Waals surface area contributed by atoms with Gasteiger partial charge in [0.1, 0.15) is 5.75 Å². The van der Waals surface area contributed by atoms with E-state index in [0.717, 1.165) is 70.7 Å². The second-order valence-corrected chi connectivity index (χ2v) is 8.75. The fourth-order valence-corrected chi connectivity index (χ4v) is 5.32. The predicted molar refractivity (Wildman–Crippen MR) is 121 cm³/mol. The Kier molecular flexibility index (Phi) is 7.00. The van der Waals surface area contributed by atoms with E-state index in [9.17, 15) is 5.11 Å². The molecule has 0 spiro atoms. The molecule has 2 heterocycles. The Hall–Kier alpha value is -1.99. The number of para-hydroxylation sites is 2. The van der Waals surface area contributed by atoms with Crippen molar-refractivity contribution in [2.45, 2.75) is 37.6 Å². The molecule has 166 valence electrons. The van der Waals surface area contributed by atoms with Crippen LogP contribution in [-0.4, -0.2) is 92.5 Å². The van der Waals surface area contributed by atoms with Crippen molar-refractivity contribution >= 4 is 11.6 Å². The van der Waals surface area contributed by atoms with Crippen molar-refractivity contribution in [3.8, 4) is 5.75 Å². The van der Waals surface area contributed by atoms with Gasteiger partial charge in [-0.05, 0) is 25.0 Å². The summed E-state index contributed by atoms with van der Waals surface area (Å²) in [6, 6.07) is 7.61. The number of hydrogen-bond donors (Lipinski definition) is 2. The lowest BCUT2D eigenvalue weighted by Crippen LogP contribution is -2.61. The molecule has 0 unspecified atom stereocenters. The van der Waals surface area contributed by atoms with Gasteiger partial charge in [-0.2, -0.15) is 0 Å². The number of aromatic hydroxyl groups is 1. The molecule has 0 bridgehead atoms. The summed E-state index contributed by atoms with van der Waals surface area (Å²) in [4.78, 5) is 11.9. The summed E-state index contributed by atoms with van der Waals surface area (Å²) in [6.45, 7) is 8.31. The first-order chi connectivity index (χ1) is 14.7. The third-order valence-corrected chi connectivity index (χ3v) is 7.06. The van der Waals surface area contributed by atoms with Gasteiger partial charge in [-0.3, -0.25) is 9.89 Å². The van der Waals surface area contributed by atoms with Crippen molar-refractivity contribution in [3.05, 3.63) is 24.3 Å². The second-order valence-electron chi connectivity index (χ2n) is 8.75. The van der Waals surface area contributed by atoms with Crippen LogP contribution < -0.4 is 10.2 Å². The van der Waals surface area contributed by atoms with Crippen LogP contribution in [0.15, 0.2) is 29.3 Å². The summed E-state index contributed by atoms with van der Waals surface area (Å²) in [6.07, 6.45) is 6.51. The Morgan fingerprint density at radius 3 is 2.40 bits per heavy atom. The van der Waals surface area contributed by atoms with Gasteiger partial charge in [0, 0.05) is 58.4 Å². The van der Waals surface area contributed by atoms with Crippen LogP contribution in [0.4, 0.5) is 5.69 Å². The Labute approximate surface area is 180 Å². The largest absolute Gasteiger partial charge is 0.506 e. The molecule has 2 N–H and O–H groups in total. The Morgan fingerprint density at radius 2 is 1.73 bits per heavy atom. The summed E-state index contributed by atoms with van der Waals surface area (Å²) in [5.74, 6) is 1.36. The summed E-state index contributed by atoms with van der Waals surface area (Å²) >= 11 is 0. The number of nitrogens with one attached hydrogen (secondary N) is 1. The number of guanidine groups is 1. The zero-order valence-electron chi connectivity index (χ0n) is 18.4. The van der Waals surface area contributed by atoms with Gasteiger partial charge in [-0.25, -0.2) is 0 Å². The number of phenolic OH excluding ortho intramolecular Hbond substituents is 1. The highest BCUT2D eigenvalue weighted by Crippen LogP contribution is 2.34. The van der Waals surface area contributed by atoms with Gasteiger partial charge >= 0.3 is 0 Å². The molecule has 0 radical (unpaired) electrons. The predicted octanol–water partition coefficient (Wildman–Crippen LogP) is 2.12. The number of aliphatic imine (C=N–C) groups is 1. The first kappa shape index (κ1) is 21.2. The molecule has 2 aliphatic heterocycles. The number of hydrogen-bond acceptors (Lipinski definition) is 5. The number of benzene rings is 1. The minimum atomic E-state index is 0.232. The molecular formula is C23H37N5O2. The molecule has 1 aliphatic carbocycles. The van der Waals surface area contributed by atoms with Crippen LogP contribution in [0, 0.1) is 0 Å². The highest BCUT2D eigenvalue weighted by Gasteiger charge is 2.39. The van der Waals surface area contributed by atoms with E-state index >= 15 is 0 Å². The standard InChI is InChI=1S/C23H37N5O2/c1-24-22(27-13-11-26(12-14-27)20-7-3-4-8-21(20)29)25-19-23(9-5-2-6-10-23)28-15-17-30-18-16-28/h3-4,7-8,29H,2,5-6,9-19H2,1H3,(H,24,25). The van der Waals surface area contributed by atoms with E-state index in [1.807, 2.05) is 25.2 Å². The van der Waals surface area contributed by atoms with E-state index in [4.69, 9.17) is 4.74 Å². The fourth-order valence-electron chi connectivity index (χ4n) is 5.32. The molecule has 0 atom stereocenters. The number of nitrogens with zero attached hydrogens (tertiary/aromatic N) is 4. The van der Waals surface area contributed by atoms with Crippen molar-refractivity contribution in [1.29, 1.82) is 0 Å². The highest BCUT2D eigenvalue weighted by atomic mass is 16.5. The molecular weight excluding hydrogens is 378 g/mol. The average molecular weight is 416 g/mol. The Balaban J connectivity index is 1.36. The molecule has 30 heavy (non-hydrogen) atoms. The lowest BCUT2D eigenvalue weighted by atomic mass is 9.79. The van der Waals surface area contributed by atoms with Gasteiger partial charge < -0.3 is 25.0 Å². The second kappa shape index (κ2) is 9.88. The highest BCUT2D eigenvalue weighted by molar-refractivity contribution is 5.80. The number of ether oxygens (including phenoxy) is 1. The zero-order chi connectivity index (χ0) is 20.8. The van der Waals surface area contributed by atoms with Gasteiger partial charge in [0.05, 0.1) is 18.9 Å². The summed E-state index contributed by atoms with van der Waals surface area (Å²) in [7, 11) is 1.89. The van der Waals surface area contributed by atoms with Gasteiger partial charge in [-0.1, -0.05) is 31.4 Å². The van der Waals surface area contributed by atoms with Crippen LogP contribution in [0.25, 0.3) is 0 Å². The Morgan fingerprint density at radius 1 is 1.03 bits per heavy atom. The van der Waals surface area contributed by atoms with Crippen LogP contribution in [0.1, 0.15) is 32.1 Å². The van der Waals surface area contributed by atoms with Crippen molar-refractivity contribution in [2.75, 3.05) is 71.0 Å². The minimum absolute atomic E-state index is 0.232. The van der Waals surface area contributed by atoms with Gasteiger partial charge in [0.25, 0.3) is 0 Å². The first-order valence-corrected chi connectivity index (χ1v) is 11.5. The summed E-state index contributed by atoms with van der Waals surface area (Å²) < 4.78 is 5.62. The van der Waals surface area contributed by atoms with E-state index in [0.29, 0.717) is 5.75 Å². The van der Waals surface area contributed by atoms with Crippen molar-refractivity contribution in [2.24, 2.45) is 4.99 Å². The molecule has 4 rings (SSSR count). The van der Waals surface area contributed by atoms with Crippen LogP contribution in [0.5, 0.6) is 5.75 Å². The van der Waals surface area contributed by atoms with Crippen LogP contribution in [0.2, 0.25) is 0 Å². The quantitative estimate of drug-likeness (QED) is 0.580. The maximum absolute atomic E-state index is 10.2. The first-order valence-electron chi connectivity index (χ1n) is 11.5. The third kappa shape index (κ3) is 4.67. The Bertz CT molecular complexity index is 705. The van der Waals surface area contributed by atoms with E-state index in [1.54, 1.807) is 6.07 Å². The molecule has 7 heteroatoms. The number of anilines is 1. The lowest BCUT2D eigenvalue weighted by molar-refractivity contribution is -0.0354. The fraction of sp³-hybridized carbons (Fsp3) is 0.696. The van der Waals surface area contributed by atoms with Gasteiger partial charge in [0.2, 0.25) is 0 Å². The van der Waals surface area contributed by atoms with E-state index in [2.05, 4.69) is 25.0 Å². The van der Waals surface area contributed by atoms with Crippen molar-refractivity contribution in [3.63, 3.8) is 0 Å². The lowest BCUT2D eigenvalue weighted by Gasteiger charge is -2.48. The van der Waals surface area contributed by atoms with Crippen LogP contribution in [0.3, 0.4) is 0 Å². The van der Waals surface area contributed by atoms with E-state index < -0.39 is 0 Å². The third-order valence-electron chi connectivity index (χ3n) is 7.06. The summed E-state index contributed by atoms with van der Waals surface area (Å²) in [5.41, 5.74) is 1.16. The van der Waals surface area contributed by atoms with Crippen molar-refractivity contribution in [1.82, 2.24) is 15.1 Å². The number of piperazine rings is 1. The molecule has 2 saturated heterocycles. The normalized spacial score (nSPS) is 23.4. The van der Waals surface area contributed by atoms with Crippen LogP contribution in [-0.2, 0) is 4.74 Å². The smallest absolute Gasteiger partial charge is 0.193 e. The van der Waals surface area contributed by atoms with Crippen LogP contribution >= 0.6 is 0 Å².